The number of rotatable bonds is 8. The van der Waals surface area contributed by atoms with Gasteiger partial charge in [-0.2, -0.15) is 0 Å². The Hall–Kier alpha value is -9.39. The van der Waals surface area contributed by atoms with Crippen LogP contribution in [0.3, 0.4) is 0 Å². The monoisotopic (exact) mass is 924 g/mol. The van der Waals surface area contributed by atoms with E-state index in [2.05, 4.69) is 176 Å². The number of nitrogens with zero attached hydrogens (tertiary/aromatic N) is 4. The molecule has 0 saturated heterocycles. The third-order valence-electron chi connectivity index (χ3n) is 14.5. The largest absolute Gasteiger partial charge is 0.456 e. The fourth-order valence-corrected chi connectivity index (χ4v) is 11.2. The molecule has 340 valence electrons. The van der Waals surface area contributed by atoms with Gasteiger partial charge in [0.25, 0.3) is 0 Å². The second-order valence-electron chi connectivity index (χ2n) is 19.1. The molecule has 0 spiro atoms. The molecule has 0 bridgehead atoms. The molecule has 0 amide bonds. The lowest BCUT2D eigenvalue weighted by atomic mass is 9.81. The van der Waals surface area contributed by atoms with Crippen LogP contribution in [0.5, 0.6) is 0 Å². The zero-order valence-electron chi connectivity index (χ0n) is 39.5. The normalized spacial score (nSPS) is 12.7. The van der Waals surface area contributed by atoms with Gasteiger partial charge in [-0.05, 0) is 81.4 Å². The van der Waals surface area contributed by atoms with Crippen LogP contribution in [-0.2, 0) is 5.41 Å². The highest BCUT2D eigenvalue weighted by molar-refractivity contribution is 6.16. The van der Waals surface area contributed by atoms with Crippen LogP contribution in [0.1, 0.15) is 25.0 Å². The minimum absolute atomic E-state index is 0.263. The van der Waals surface area contributed by atoms with Gasteiger partial charge in [0.15, 0.2) is 23.1 Å². The Balaban J connectivity index is 0.955. The summed E-state index contributed by atoms with van der Waals surface area (Å²) in [7, 11) is 0. The van der Waals surface area contributed by atoms with E-state index in [0.29, 0.717) is 17.5 Å². The Labute approximate surface area is 416 Å². The molecule has 6 nitrogen and oxygen atoms in total. The van der Waals surface area contributed by atoms with Crippen LogP contribution in [-0.4, -0.2) is 15.0 Å². The van der Waals surface area contributed by atoms with Gasteiger partial charge in [0, 0.05) is 54.9 Å². The number of aromatic nitrogens is 3. The standard InChI is InChI=1S/C66H44N4O2/c1-66(2)54-33-13-12-27-48(54)49-29-16-34-55(60(49)66)70(46-26-14-25-44(39-46)41-19-6-3-7-20-41)56-35-17-31-51-50-30-15-28-47(61(50)72-62(51)56)45-37-38-57-53(40-45)59-52(32-18-36-58(59)71-57)65-68-63(42-21-8-4-9-22-42)67-64(69-65)43-23-10-5-11-24-43/h3-40H,1-2H3. The van der Waals surface area contributed by atoms with Gasteiger partial charge in [-0.1, -0.05) is 202 Å². The highest BCUT2D eigenvalue weighted by Crippen LogP contribution is 2.55. The molecule has 0 aliphatic heterocycles. The molecule has 3 aromatic heterocycles. The van der Waals surface area contributed by atoms with E-state index in [0.717, 1.165) is 99.9 Å². The number of fused-ring (bicyclic) bond motifs is 9. The van der Waals surface area contributed by atoms with Crippen LogP contribution < -0.4 is 4.90 Å². The van der Waals surface area contributed by atoms with Crippen molar-refractivity contribution in [2.75, 3.05) is 4.90 Å². The fourth-order valence-electron chi connectivity index (χ4n) is 11.2. The number of furan rings is 2. The summed E-state index contributed by atoms with van der Waals surface area (Å²) < 4.78 is 13.9. The molecule has 0 N–H and O–H groups in total. The van der Waals surface area contributed by atoms with Gasteiger partial charge in [0.1, 0.15) is 16.7 Å². The number of para-hydroxylation sites is 2. The van der Waals surface area contributed by atoms with Crippen molar-refractivity contribution < 1.29 is 8.83 Å². The lowest BCUT2D eigenvalue weighted by molar-refractivity contribution is 0.659. The van der Waals surface area contributed by atoms with Gasteiger partial charge in [0.2, 0.25) is 0 Å². The molecule has 0 atom stereocenters. The van der Waals surface area contributed by atoms with Crippen molar-refractivity contribution in [2.24, 2.45) is 0 Å². The van der Waals surface area contributed by atoms with E-state index in [1.54, 1.807) is 0 Å². The smallest absolute Gasteiger partial charge is 0.164 e. The van der Waals surface area contributed by atoms with Crippen LogP contribution >= 0.6 is 0 Å². The van der Waals surface area contributed by atoms with Crippen LogP contribution in [0.2, 0.25) is 0 Å². The van der Waals surface area contributed by atoms with E-state index in [4.69, 9.17) is 23.8 Å². The molecule has 6 heteroatoms. The number of hydrogen-bond acceptors (Lipinski definition) is 6. The lowest BCUT2D eigenvalue weighted by Crippen LogP contribution is -2.20. The van der Waals surface area contributed by atoms with Crippen molar-refractivity contribution >= 4 is 60.9 Å². The lowest BCUT2D eigenvalue weighted by Gasteiger charge is -2.32. The van der Waals surface area contributed by atoms with E-state index >= 15 is 0 Å². The average molecular weight is 925 g/mol. The summed E-state index contributed by atoms with van der Waals surface area (Å²) in [4.78, 5) is 17.6. The Kier molecular flexibility index (Phi) is 9.45. The molecular formula is C66H44N4O2. The van der Waals surface area contributed by atoms with E-state index in [-0.39, 0.29) is 5.41 Å². The SMILES string of the molecule is CC1(C)c2ccccc2-c2cccc(N(c3cccc(-c4ccccc4)c3)c3cccc4c3oc3c(-c5ccc6oc7cccc(-c8nc(-c9ccccc9)nc(-c9ccccc9)n8)c7c6c5)cccc34)c21. The quantitative estimate of drug-likeness (QED) is 0.151. The molecular weight excluding hydrogens is 881 g/mol. The fraction of sp³-hybridized carbons (Fsp3) is 0.0455. The number of hydrogen-bond donors (Lipinski definition) is 0. The summed E-state index contributed by atoms with van der Waals surface area (Å²) in [6.45, 7) is 4.70. The minimum Gasteiger partial charge on any atom is -0.456 e. The number of benzene rings is 10. The van der Waals surface area contributed by atoms with Crippen molar-refractivity contribution in [3.8, 4) is 67.5 Å². The van der Waals surface area contributed by atoms with Crippen molar-refractivity contribution in [1.82, 2.24) is 15.0 Å². The second-order valence-corrected chi connectivity index (χ2v) is 19.1. The first-order valence-corrected chi connectivity index (χ1v) is 24.4. The van der Waals surface area contributed by atoms with Gasteiger partial charge >= 0.3 is 0 Å². The summed E-state index contributed by atoms with van der Waals surface area (Å²) in [5, 5.41) is 3.98. The van der Waals surface area contributed by atoms with Crippen molar-refractivity contribution in [1.29, 1.82) is 0 Å². The van der Waals surface area contributed by atoms with Crippen LogP contribution in [0.4, 0.5) is 17.1 Å². The van der Waals surface area contributed by atoms with Crippen LogP contribution in [0.15, 0.2) is 239 Å². The van der Waals surface area contributed by atoms with Crippen LogP contribution in [0, 0.1) is 0 Å². The summed E-state index contributed by atoms with van der Waals surface area (Å²) in [6, 6.07) is 80.7. The molecule has 10 aromatic carbocycles. The van der Waals surface area contributed by atoms with E-state index in [1.165, 1.54) is 22.3 Å². The first kappa shape index (κ1) is 41.6. The predicted molar refractivity (Wildman–Crippen MR) is 294 cm³/mol. The minimum atomic E-state index is -0.263. The maximum absolute atomic E-state index is 7.33. The number of anilines is 3. The molecule has 13 aromatic rings. The molecule has 1 aliphatic rings. The predicted octanol–water partition coefficient (Wildman–Crippen LogP) is 17.8. The third-order valence-corrected chi connectivity index (χ3v) is 14.5. The molecule has 0 unspecified atom stereocenters. The van der Waals surface area contributed by atoms with E-state index in [1.807, 2.05) is 72.8 Å². The summed E-state index contributed by atoms with van der Waals surface area (Å²) in [5.74, 6) is 1.78. The molecule has 1 aliphatic carbocycles. The van der Waals surface area contributed by atoms with Crippen molar-refractivity contribution in [2.45, 2.75) is 19.3 Å². The Bertz CT molecular complexity index is 4190. The highest BCUT2D eigenvalue weighted by Gasteiger charge is 2.39. The Morgan fingerprint density at radius 2 is 0.931 bits per heavy atom. The van der Waals surface area contributed by atoms with Gasteiger partial charge in [0.05, 0.1) is 11.4 Å². The first-order chi connectivity index (χ1) is 35.5. The van der Waals surface area contributed by atoms with E-state index < -0.39 is 0 Å². The van der Waals surface area contributed by atoms with Gasteiger partial charge in [-0.15, -0.1) is 0 Å². The molecule has 0 fully saturated rings. The first-order valence-electron chi connectivity index (χ1n) is 24.4. The zero-order valence-corrected chi connectivity index (χ0v) is 39.5. The molecule has 0 radical (unpaired) electrons. The van der Waals surface area contributed by atoms with Gasteiger partial charge < -0.3 is 13.7 Å². The zero-order chi connectivity index (χ0) is 47.9. The van der Waals surface area contributed by atoms with Crippen molar-refractivity contribution in [3.05, 3.63) is 242 Å². The Morgan fingerprint density at radius 1 is 0.361 bits per heavy atom. The second kappa shape index (κ2) is 16.4. The molecule has 0 saturated carbocycles. The molecule has 14 rings (SSSR count). The summed E-state index contributed by atoms with van der Waals surface area (Å²) in [5.41, 5.74) is 18.1. The third kappa shape index (κ3) is 6.60. The highest BCUT2D eigenvalue weighted by atomic mass is 16.3. The Morgan fingerprint density at radius 3 is 1.69 bits per heavy atom. The average Bonchev–Trinajstić information content (AvgIpc) is 4.09. The molecule has 72 heavy (non-hydrogen) atoms. The topological polar surface area (TPSA) is 68.2 Å². The summed E-state index contributed by atoms with van der Waals surface area (Å²) >= 11 is 0. The van der Waals surface area contributed by atoms with Gasteiger partial charge in [-0.25, -0.2) is 15.0 Å². The molecule has 3 heterocycles. The van der Waals surface area contributed by atoms with Crippen molar-refractivity contribution in [3.63, 3.8) is 0 Å². The van der Waals surface area contributed by atoms with Crippen LogP contribution in [0.25, 0.3) is 111 Å². The van der Waals surface area contributed by atoms with E-state index in [9.17, 15) is 0 Å². The van der Waals surface area contributed by atoms with Gasteiger partial charge in [-0.3, -0.25) is 0 Å². The maximum atomic E-state index is 7.33. The maximum Gasteiger partial charge on any atom is 0.164 e. The summed E-state index contributed by atoms with van der Waals surface area (Å²) in [6.07, 6.45) is 0.